The van der Waals surface area contributed by atoms with Crippen LogP contribution in [-0.2, 0) is 6.61 Å². The van der Waals surface area contributed by atoms with Gasteiger partial charge in [-0.15, -0.1) is 23.1 Å². The fourth-order valence-corrected chi connectivity index (χ4v) is 4.11. The Morgan fingerprint density at radius 1 is 1.57 bits per heavy atom. The smallest absolute Gasteiger partial charge is 0.0704 e. The Bertz CT molecular complexity index is 464. The van der Waals surface area contributed by atoms with Gasteiger partial charge in [-0.2, -0.15) is 0 Å². The van der Waals surface area contributed by atoms with Crippen LogP contribution in [0.4, 0.5) is 0 Å². The molecule has 1 aromatic heterocycles. The van der Waals surface area contributed by atoms with E-state index in [1.165, 1.54) is 15.0 Å². The number of thiophene rings is 1. The zero-order valence-electron chi connectivity index (χ0n) is 7.58. The number of hydrogen-bond donors (Lipinski definition) is 1. The summed E-state index contributed by atoms with van der Waals surface area (Å²) in [5, 5.41) is 12.6. The molecule has 0 atom stereocenters. The third-order valence-electron chi connectivity index (χ3n) is 2.11. The highest BCUT2D eigenvalue weighted by atomic mass is 79.9. The largest absolute Gasteiger partial charge is 0.392 e. The average Bonchev–Trinajstić information content (AvgIpc) is 2.62. The van der Waals surface area contributed by atoms with Crippen molar-refractivity contribution in [2.24, 2.45) is 0 Å². The second kappa shape index (κ2) is 4.23. The maximum absolute atomic E-state index is 9.29. The molecule has 0 spiro atoms. The van der Waals surface area contributed by atoms with Crippen LogP contribution in [-0.4, -0.2) is 11.4 Å². The first-order valence-electron chi connectivity index (χ1n) is 4.11. The molecule has 1 aromatic carbocycles. The number of halogens is 1. The quantitative estimate of drug-likeness (QED) is 0.847. The van der Waals surface area contributed by atoms with Gasteiger partial charge in [-0.3, -0.25) is 0 Å². The summed E-state index contributed by atoms with van der Waals surface area (Å²) in [6, 6.07) is 4.17. The van der Waals surface area contributed by atoms with Crippen LogP contribution < -0.4 is 0 Å². The second-order valence-corrected chi connectivity index (χ2v) is 5.45. The number of thioether (sulfide) groups is 1. The molecule has 0 aliphatic rings. The van der Waals surface area contributed by atoms with Crippen molar-refractivity contribution in [1.82, 2.24) is 0 Å². The van der Waals surface area contributed by atoms with Crippen LogP contribution in [0.1, 0.15) is 5.56 Å². The minimum Gasteiger partial charge on any atom is -0.392 e. The summed E-state index contributed by atoms with van der Waals surface area (Å²) in [5.41, 5.74) is 0.993. The van der Waals surface area contributed by atoms with E-state index in [1.807, 2.05) is 6.26 Å². The van der Waals surface area contributed by atoms with E-state index in [0.717, 1.165) is 10.0 Å². The Morgan fingerprint density at radius 3 is 3.00 bits per heavy atom. The van der Waals surface area contributed by atoms with Gasteiger partial charge in [0.1, 0.15) is 0 Å². The van der Waals surface area contributed by atoms with Crippen molar-refractivity contribution >= 4 is 49.1 Å². The zero-order chi connectivity index (χ0) is 10.1. The predicted octanol–water partition coefficient (Wildman–Crippen LogP) is 3.88. The number of fused-ring (bicyclic) bond motifs is 1. The van der Waals surface area contributed by atoms with E-state index in [9.17, 15) is 5.11 Å². The average molecular weight is 289 g/mol. The van der Waals surface area contributed by atoms with Crippen molar-refractivity contribution in [2.45, 2.75) is 11.5 Å². The summed E-state index contributed by atoms with van der Waals surface area (Å²) in [6.07, 6.45) is 2.04. The van der Waals surface area contributed by atoms with E-state index in [0.29, 0.717) is 0 Å². The third-order valence-corrected chi connectivity index (χ3v) is 4.75. The molecule has 0 bridgehead atoms. The Kier molecular flexibility index (Phi) is 3.17. The van der Waals surface area contributed by atoms with E-state index in [2.05, 4.69) is 33.4 Å². The molecule has 0 saturated carbocycles. The molecule has 2 aromatic rings. The third kappa shape index (κ3) is 1.60. The molecule has 1 nitrogen and oxygen atoms in total. The SMILES string of the molecule is CSc1c(CO)c(Br)cc2ccsc12. The van der Waals surface area contributed by atoms with Crippen molar-refractivity contribution < 1.29 is 5.11 Å². The molecule has 0 fully saturated rings. The molecule has 14 heavy (non-hydrogen) atoms. The zero-order valence-corrected chi connectivity index (χ0v) is 10.8. The van der Waals surface area contributed by atoms with Gasteiger partial charge in [0.25, 0.3) is 0 Å². The number of hydrogen-bond acceptors (Lipinski definition) is 3. The second-order valence-electron chi connectivity index (χ2n) is 2.87. The number of aliphatic hydroxyl groups is 1. The van der Waals surface area contributed by atoms with Gasteiger partial charge in [-0.05, 0) is 29.2 Å². The van der Waals surface area contributed by atoms with Gasteiger partial charge in [0.05, 0.1) is 6.61 Å². The Labute approximate surface area is 99.3 Å². The highest BCUT2D eigenvalue weighted by Crippen LogP contribution is 2.38. The molecular weight excluding hydrogens is 280 g/mol. The van der Waals surface area contributed by atoms with E-state index in [1.54, 1.807) is 23.1 Å². The lowest BCUT2D eigenvalue weighted by atomic mass is 10.2. The normalized spacial score (nSPS) is 11.1. The maximum atomic E-state index is 9.29. The lowest BCUT2D eigenvalue weighted by Gasteiger charge is -2.08. The molecule has 0 radical (unpaired) electrons. The van der Waals surface area contributed by atoms with Gasteiger partial charge in [-0.25, -0.2) is 0 Å². The Balaban J connectivity index is 2.82. The summed E-state index contributed by atoms with van der Waals surface area (Å²) in [6.45, 7) is 0.0879. The molecule has 0 unspecified atom stereocenters. The molecule has 2 rings (SSSR count). The van der Waals surface area contributed by atoms with Crippen LogP contribution in [0.3, 0.4) is 0 Å². The summed E-state index contributed by atoms with van der Waals surface area (Å²) in [7, 11) is 0. The van der Waals surface area contributed by atoms with Crippen LogP contribution in [0, 0.1) is 0 Å². The summed E-state index contributed by atoms with van der Waals surface area (Å²) in [4.78, 5) is 1.19. The fourth-order valence-electron chi connectivity index (χ4n) is 1.45. The minimum atomic E-state index is 0.0879. The van der Waals surface area contributed by atoms with E-state index in [4.69, 9.17) is 0 Å². The first-order valence-corrected chi connectivity index (χ1v) is 7.01. The monoisotopic (exact) mass is 288 g/mol. The molecule has 0 saturated heterocycles. The first kappa shape index (κ1) is 10.5. The van der Waals surface area contributed by atoms with Gasteiger partial charge >= 0.3 is 0 Å². The van der Waals surface area contributed by atoms with Crippen molar-refractivity contribution in [3.63, 3.8) is 0 Å². The van der Waals surface area contributed by atoms with Crippen LogP contribution >= 0.6 is 39.0 Å². The molecule has 4 heteroatoms. The van der Waals surface area contributed by atoms with Crippen molar-refractivity contribution in [2.75, 3.05) is 6.26 Å². The van der Waals surface area contributed by atoms with Crippen LogP contribution in [0.25, 0.3) is 10.1 Å². The van der Waals surface area contributed by atoms with Crippen LogP contribution in [0.2, 0.25) is 0 Å². The van der Waals surface area contributed by atoms with Crippen molar-refractivity contribution in [3.8, 4) is 0 Å². The van der Waals surface area contributed by atoms with E-state index < -0.39 is 0 Å². The number of aliphatic hydroxyl groups excluding tert-OH is 1. The maximum Gasteiger partial charge on any atom is 0.0704 e. The van der Waals surface area contributed by atoms with Crippen molar-refractivity contribution in [3.05, 3.63) is 27.5 Å². The van der Waals surface area contributed by atoms with Crippen molar-refractivity contribution in [1.29, 1.82) is 0 Å². The number of benzene rings is 1. The summed E-state index contributed by atoms with van der Waals surface area (Å²) in [5.74, 6) is 0. The highest BCUT2D eigenvalue weighted by molar-refractivity contribution is 9.10. The van der Waals surface area contributed by atoms with E-state index in [-0.39, 0.29) is 6.61 Å². The molecule has 1 heterocycles. The molecular formula is C10H9BrOS2. The van der Waals surface area contributed by atoms with Gasteiger partial charge in [0.2, 0.25) is 0 Å². The Morgan fingerprint density at radius 2 is 2.36 bits per heavy atom. The van der Waals surface area contributed by atoms with Gasteiger partial charge in [-0.1, -0.05) is 15.9 Å². The number of rotatable bonds is 2. The van der Waals surface area contributed by atoms with Crippen LogP contribution in [0.15, 0.2) is 26.9 Å². The van der Waals surface area contributed by atoms with Gasteiger partial charge in [0.15, 0.2) is 0 Å². The molecule has 1 N–H and O–H groups in total. The first-order chi connectivity index (χ1) is 6.77. The van der Waals surface area contributed by atoms with Gasteiger partial charge in [0, 0.05) is 19.6 Å². The lowest BCUT2D eigenvalue weighted by molar-refractivity contribution is 0.278. The van der Waals surface area contributed by atoms with E-state index >= 15 is 0 Å². The minimum absolute atomic E-state index is 0.0879. The van der Waals surface area contributed by atoms with Crippen LogP contribution in [0.5, 0.6) is 0 Å². The molecule has 0 aliphatic heterocycles. The lowest BCUT2D eigenvalue weighted by Crippen LogP contribution is -1.89. The fraction of sp³-hybridized carbons (Fsp3) is 0.200. The topological polar surface area (TPSA) is 20.2 Å². The Hall–Kier alpha value is -0.0300. The highest BCUT2D eigenvalue weighted by Gasteiger charge is 2.11. The summed E-state index contributed by atoms with van der Waals surface area (Å²) < 4.78 is 2.26. The summed E-state index contributed by atoms with van der Waals surface area (Å²) >= 11 is 6.90. The predicted molar refractivity (Wildman–Crippen MR) is 67.2 cm³/mol. The molecule has 0 amide bonds. The standard InChI is InChI=1S/C10H9BrOS2/c1-13-10-7(5-12)8(11)4-6-2-3-14-9(6)10/h2-4,12H,5H2,1H3. The van der Waals surface area contributed by atoms with Gasteiger partial charge < -0.3 is 5.11 Å². The molecule has 0 aliphatic carbocycles. The molecule has 74 valence electrons.